The molecule has 0 saturated heterocycles. The molecular formula is C25H23NO5S. The lowest BCUT2D eigenvalue weighted by molar-refractivity contribution is -0.135. The summed E-state index contributed by atoms with van der Waals surface area (Å²) in [5.74, 6) is 0.915. The van der Waals surface area contributed by atoms with Crippen LogP contribution in [-0.2, 0) is 16.0 Å². The first kappa shape index (κ1) is 20.6. The molecule has 2 aliphatic heterocycles. The van der Waals surface area contributed by atoms with E-state index in [2.05, 4.69) is 0 Å². The highest BCUT2D eigenvalue weighted by atomic mass is 32.1. The number of fused-ring (bicyclic) bond motifs is 2. The third-order valence-electron chi connectivity index (χ3n) is 6.14. The highest BCUT2D eigenvalue weighted by Gasteiger charge is 2.38. The third kappa shape index (κ3) is 3.42. The number of hydrogen-bond acceptors (Lipinski definition) is 6. The van der Waals surface area contributed by atoms with Crippen molar-refractivity contribution in [1.82, 2.24) is 4.90 Å². The van der Waals surface area contributed by atoms with Crippen LogP contribution < -0.4 is 9.47 Å². The zero-order valence-electron chi connectivity index (χ0n) is 17.9. The van der Waals surface area contributed by atoms with Crippen LogP contribution in [0.25, 0.3) is 0 Å². The molecule has 6 nitrogen and oxygen atoms in total. The topological polar surface area (TPSA) is 65.1 Å². The Morgan fingerprint density at radius 1 is 1.09 bits per heavy atom. The van der Waals surface area contributed by atoms with Gasteiger partial charge in [-0.05, 0) is 47.2 Å². The summed E-state index contributed by atoms with van der Waals surface area (Å²) in [5, 5.41) is 2.02. The summed E-state index contributed by atoms with van der Waals surface area (Å²) in [6.45, 7) is 0.576. The fourth-order valence-electron chi connectivity index (χ4n) is 4.62. The summed E-state index contributed by atoms with van der Waals surface area (Å²) in [5.41, 5.74) is 3.50. The highest BCUT2D eigenvalue weighted by Crippen LogP contribution is 2.43. The van der Waals surface area contributed by atoms with Gasteiger partial charge in [-0.3, -0.25) is 4.79 Å². The second-order valence-electron chi connectivity index (χ2n) is 7.85. The van der Waals surface area contributed by atoms with Gasteiger partial charge in [0.25, 0.3) is 0 Å². The van der Waals surface area contributed by atoms with E-state index in [1.165, 1.54) is 0 Å². The molecule has 2 aliphatic rings. The minimum Gasteiger partial charge on any atom is -0.493 e. The van der Waals surface area contributed by atoms with Crippen molar-refractivity contribution >= 4 is 23.2 Å². The quantitative estimate of drug-likeness (QED) is 0.535. The van der Waals surface area contributed by atoms with Gasteiger partial charge in [0, 0.05) is 17.0 Å². The van der Waals surface area contributed by atoms with Crippen molar-refractivity contribution in [2.45, 2.75) is 25.0 Å². The lowest BCUT2D eigenvalue weighted by Gasteiger charge is -2.38. The first-order valence-electron chi connectivity index (χ1n) is 10.5. The lowest BCUT2D eigenvalue weighted by atomic mass is 9.90. The van der Waals surface area contributed by atoms with Crippen LogP contribution in [0.5, 0.6) is 11.5 Å². The number of esters is 1. The Morgan fingerprint density at radius 2 is 1.88 bits per heavy atom. The van der Waals surface area contributed by atoms with Crippen molar-refractivity contribution < 1.29 is 23.8 Å². The largest absolute Gasteiger partial charge is 0.493 e. The van der Waals surface area contributed by atoms with Crippen LogP contribution in [0.2, 0.25) is 0 Å². The fourth-order valence-corrected chi connectivity index (χ4v) is 5.47. The van der Waals surface area contributed by atoms with E-state index >= 15 is 0 Å². The highest BCUT2D eigenvalue weighted by molar-refractivity contribution is 7.10. The van der Waals surface area contributed by atoms with E-state index in [1.807, 2.05) is 46.7 Å². The van der Waals surface area contributed by atoms with Gasteiger partial charge >= 0.3 is 5.97 Å². The van der Waals surface area contributed by atoms with E-state index in [9.17, 15) is 9.59 Å². The molecule has 0 spiro atoms. The van der Waals surface area contributed by atoms with Gasteiger partial charge in [0.15, 0.2) is 11.5 Å². The number of benzene rings is 2. The molecule has 3 aromatic rings. The first-order valence-corrected chi connectivity index (χ1v) is 11.4. The number of rotatable bonds is 5. The van der Waals surface area contributed by atoms with Crippen molar-refractivity contribution in [2.75, 3.05) is 20.8 Å². The van der Waals surface area contributed by atoms with Crippen LogP contribution in [0.1, 0.15) is 50.5 Å². The van der Waals surface area contributed by atoms with Gasteiger partial charge in [-0.2, -0.15) is 0 Å². The Hall–Kier alpha value is -3.32. The average molecular weight is 450 g/mol. The maximum absolute atomic E-state index is 13.5. The number of amides is 1. The predicted octanol–water partition coefficient (Wildman–Crippen LogP) is 4.54. The van der Waals surface area contributed by atoms with Crippen LogP contribution in [0.3, 0.4) is 0 Å². The average Bonchev–Trinajstić information content (AvgIpc) is 3.46. The van der Waals surface area contributed by atoms with Crippen molar-refractivity contribution in [3.63, 3.8) is 0 Å². The Bertz CT molecular complexity index is 1170. The Kier molecular flexibility index (Phi) is 5.35. The summed E-state index contributed by atoms with van der Waals surface area (Å²) < 4.78 is 16.6. The van der Waals surface area contributed by atoms with E-state index in [-0.39, 0.29) is 24.3 Å². The summed E-state index contributed by atoms with van der Waals surface area (Å²) in [7, 11) is 3.24. The monoisotopic (exact) mass is 449 g/mol. The summed E-state index contributed by atoms with van der Waals surface area (Å²) in [6.07, 6.45) is 0.277. The van der Waals surface area contributed by atoms with Crippen LogP contribution in [0.4, 0.5) is 0 Å². The predicted molar refractivity (Wildman–Crippen MR) is 120 cm³/mol. The normalized spacial score (nSPS) is 19.2. The number of ether oxygens (including phenoxy) is 3. The molecule has 0 saturated carbocycles. The fraction of sp³-hybridized carbons (Fsp3) is 0.280. The van der Waals surface area contributed by atoms with Gasteiger partial charge < -0.3 is 19.1 Å². The summed E-state index contributed by atoms with van der Waals surface area (Å²) >= 11 is 1.62. The molecule has 2 aromatic carbocycles. The second-order valence-corrected chi connectivity index (χ2v) is 8.83. The standard InChI is InChI=1S/C25H23NO5S/c1-29-20-12-15-9-10-26(24(22-8-5-11-32-22)18(15)13-21(20)30-2)23(27)14-19-16-6-3-4-7-17(16)25(28)31-19/h3-8,11-13,19,24H,9-10,14H2,1-2H3. The molecule has 2 atom stereocenters. The summed E-state index contributed by atoms with van der Waals surface area (Å²) in [6, 6.07) is 15.1. The minimum absolute atomic E-state index is 0.0432. The third-order valence-corrected chi connectivity index (χ3v) is 7.07. The molecule has 0 aliphatic carbocycles. The lowest BCUT2D eigenvalue weighted by Crippen LogP contribution is -2.40. The maximum Gasteiger partial charge on any atom is 0.339 e. The van der Waals surface area contributed by atoms with Crippen LogP contribution in [-0.4, -0.2) is 37.5 Å². The van der Waals surface area contributed by atoms with E-state index < -0.39 is 6.10 Å². The zero-order chi connectivity index (χ0) is 22.2. The van der Waals surface area contributed by atoms with Crippen LogP contribution in [0, 0.1) is 0 Å². The Labute approximate surface area is 190 Å². The molecule has 1 aromatic heterocycles. The summed E-state index contributed by atoms with van der Waals surface area (Å²) in [4.78, 5) is 28.7. The van der Waals surface area contributed by atoms with Gasteiger partial charge in [0.1, 0.15) is 6.10 Å². The van der Waals surface area contributed by atoms with Gasteiger partial charge in [-0.15, -0.1) is 11.3 Å². The first-order chi connectivity index (χ1) is 15.6. The molecule has 0 radical (unpaired) electrons. The SMILES string of the molecule is COc1cc2c(cc1OC)C(c1cccs1)N(C(=O)CC1OC(=O)c3ccccc31)CC2. The van der Waals surface area contributed by atoms with Crippen LogP contribution in [0.15, 0.2) is 53.9 Å². The van der Waals surface area contributed by atoms with Crippen molar-refractivity contribution in [3.8, 4) is 11.5 Å². The maximum atomic E-state index is 13.5. The van der Waals surface area contributed by atoms with Crippen molar-refractivity contribution in [3.05, 3.63) is 81.0 Å². The number of cyclic esters (lactones) is 1. The molecule has 3 heterocycles. The number of nitrogens with zero attached hydrogens (tertiary/aromatic N) is 1. The van der Waals surface area contributed by atoms with Gasteiger partial charge in [0.2, 0.25) is 5.91 Å². The number of carbonyl (C=O) groups is 2. The smallest absolute Gasteiger partial charge is 0.339 e. The van der Waals surface area contributed by atoms with Gasteiger partial charge in [0.05, 0.1) is 32.2 Å². The molecule has 5 rings (SSSR count). The van der Waals surface area contributed by atoms with Gasteiger partial charge in [-0.25, -0.2) is 4.79 Å². The number of thiophene rings is 1. The molecule has 0 bridgehead atoms. The number of methoxy groups -OCH3 is 2. The van der Waals surface area contributed by atoms with E-state index in [4.69, 9.17) is 14.2 Å². The van der Waals surface area contributed by atoms with E-state index in [1.54, 1.807) is 37.7 Å². The van der Waals surface area contributed by atoms with Crippen LogP contribution >= 0.6 is 11.3 Å². The molecular weight excluding hydrogens is 426 g/mol. The number of hydrogen-bond donors (Lipinski definition) is 0. The van der Waals surface area contributed by atoms with Crippen molar-refractivity contribution in [1.29, 1.82) is 0 Å². The molecule has 164 valence electrons. The molecule has 0 fully saturated rings. The zero-order valence-corrected chi connectivity index (χ0v) is 18.7. The molecule has 1 amide bonds. The Balaban J connectivity index is 1.49. The minimum atomic E-state index is -0.554. The van der Waals surface area contributed by atoms with Crippen molar-refractivity contribution in [2.24, 2.45) is 0 Å². The van der Waals surface area contributed by atoms with Gasteiger partial charge in [-0.1, -0.05) is 24.3 Å². The second kappa shape index (κ2) is 8.31. The molecule has 2 unspecified atom stereocenters. The number of carbonyl (C=O) groups excluding carboxylic acids is 2. The molecule has 0 N–H and O–H groups in total. The molecule has 32 heavy (non-hydrogen) atoms. The molecule has 7 heteroatoms. The Morgan fingerprint density at radius 3 is 2.62 bits per heavy atom. The van der Waals surface area contributed by atoms with E-state index in [0.717, 1.165) is 21.6 Å². The van der Waals surface area contributed by atoms with E-state index in [0.29, 0.717) is 30.0 Å².